The second kappa shape index (κ2) is 4.04. The number of carboxylic acids is 1. The summed E-state index contributed by atoms with van der Waals surface area (Å²) < 4.78 is 0. The summed E-state index contributed by atoms with van der Waals surface area (Å²) in [4.78, 5) is 10.5. The molecule has 0 bridgehead atoms. The number of hydrogen-bond donors (Lipinski definition) is 2. The van der Waals surface area contributed by atoms with Gasteiger partial charge in [-0.1, -0.05) is 0 Å². The molecule has 5 heteroatoms. The Labute approximate surface area is 82.2 Å². The monoisotopic (exact) mass is 195 g/mol. The molecule has 5 nitrogen and oxygen atoms in total. The fourth-order valence-electron chi connectivity index (χ4n) is 1.14. The van der Waals surface area contributed by atoms with Crippen molar-refractivity contribution in [3.63, 3.8) is 0 Å². The Kier molecular flexibility index (Phi) is 3.01. The van der Waals surface area contributed by atoms with Crippen molar-refractivity contribution < 1.29 is 9.90 Å². The van der Waals surface area contributed by atoms with E-state index < -0.39 is 11.5 Å². The van der Waals surface area contributed by atoms with Gasteiger partial charge >= 0.3 is 5.97 Å². The van der Waals surface area contributed by atoms with Gasteiger partial charge in [0, 0.05) is 11.7 Å². The average molecular weight is 195 g/mol. The van der Waals surface area contributed by atoms with Crippen LogP contribution < -0.4 is 5.32 Å². The van der Waals surface area contributed by atoms with Gasteiger partial charge in [-0.15, -0.1) is 5.10 Å². The predicted octanol–water partition coefficient (Wildman–Crippen LogP) is 1.14. The molecule has 0 fully saturated rings. The molecule has 76 valence electrons. The van der Waals surface area contributed by atoms with Gasteiger partial charge < -0.3 is 10.4 Å². The highest BCUT2D eigenvalue weighted by atomic mass is 16.4. The van der Waals surface area contributed by atoms with Gasteiger partial charge in [0.2, 0.25) is 0 Å². The summed E-state index contributed by atoms with van der Waals surface area (Å²) in [5, 5.41) is 19.2. The van der Waals surface area contributed by atoms with Crippen molar-refractivity contribution in [1.29, 1.82) is 0 Å². The summed E-state index contributed by atoms with van der Waals surface area (Å²) in [5.74, 6) is -0.259. The van der Waals surface area contributed by atoms with Crippen LogP contribution >= 0.6 is 0 Å². The first-order chi connectivity index (χ1) is 6.49. The zero-order valence-electron chi connectivity index (χ0n) is 8.19. The fraction of sp³-hybridized carbons (Fsp3) is 0.444. The van der Waals surface area contributed by atoms with E-state index in [0.29, 0.717) is 5.82 Å². The molecule has 14 heavy (non-hydrogen) atoms. The number of aliphatic carboxylic acids is 1. The molecular formula is C9H13N3O2. The lowest BCUT2D eigenvalue weighted by Crippen LogP contribution is -2.34. The number of anilines is 1. The smallest absolute Gasteiger partial charge is 0.305 e. The normalized spacial score (nSPS) is 11.0. The molecular weight excluding hydrogens is 182 g/mol. The molecule has 1 rings (SSSR count). The second-order valence-electron chi connectivity index (χ2n) is 3.69. The zero-order valence-corrected chi connectivity index (χ0v) is 8.19. The molecule has 0 saturated heterocycles. The van der Waals surface area contributed by atoms with E-state index in [9.17, 15) is 4.79 Å². The van der Waals surface area contributed by atoms with Crippen molar-refractivity contribution in [3.05, 3.63) is 18.3 Å². The van der Waals surface area contributed by atoms with E-state index in [1.165, 1.54) is 0 Å². The summed E-state index contributed by atoms with van der Waals surface area (Å²) in [7, 11) is 0. The van der Waals surface area contributed by atoms with Gasteiger partial charge in [0.15, 0.2) is 0 Å². The first-order valence-electron chi connectivity index (χ1n) is 4.27. The highest BCUT2D eigenvalue weighted by Gasteiger charge is 2.21. The predicted molar refractivity (Wildman–Crippen MR) is 52.0 cm³/mol. The molecule has 0 unspecified atom stereocenters. The van der Waals surface area contributed by atoms with Crippen LogP contribution in [0.3, 0.4) is 0 Å². The maximum atomic E-state index is 10.5. The van der Waals surface area contributed by atoms with Crippen molar-refractivity contribution in [2.24, 2.45) is 0 Å². The Bertz CT molecular complexity index is 311. The number of aromatic nitrogens is 2. The van der Waals surface area contributed by atoms with E-state index in [1.807, 2.05) is 0 Å². The van der Waals surface area contributed by atoms with E-state index in [2.05, 4.69) is 15.5 Å². The minimum absolute atomic E-state index is 0.0313. The Hall–Kier alpha value is -1.65. The van der Waals surface area contributed by atoms with Gasteiger partial charge in [0.05, 0.1) is 6.42 Å². The zero-order chi connectivity index (χ0) is 10.6. The third-order valence-corrected chi connectivity index (χ3v) is 1.63. The second-order valence-corrected chi connectivity index (χ2v) is 3.69. The maximum absolute atomic E-state index is 10.5. The van der Waals surface area contributed by atoms with E-state index in [1.54, 1.807) is 32.2 Å². The molecule has 0 aliphatic carbocycles. The standard InChI is InChI=1S/C9H13N3O2/c1-9(2,6-8(13)14)11-7-4-3-5-10-12-7/h3-5H,6H2,1-2H3,(H,11,12)(H,13,14). The molecule has 1 aromatic rings. The number of rotatable bonds is 4. The number of carboxylic acid groups (broad SMARTS) is 1. The Balaban J connectivity index is 2.63. The molecule has 0 aliphatic heterocycles. The highest BCUT2D eigenvalue weighted by Crippen LogP contribution is 2.14. The summed E-state index contributed by atoms with van der Waals surface area (Å²) >= 11 is 0. The quantitative estimate of drug-likeness (QED) is 0.753. The van der Waals surface area contributed by atoms with Crippen LogP contribution in [0, 0.1) is 0 Å². The van der Waals surface area contributed by atoms with Gasteiger partial charge in [-0.25, -0.2) is 0 Å². The van der Waals surface area contributed by atoms with Crippen LogP contribution in [0.2, 0.25) is 0 Å². The third kappa shape index (κ3) is 3.38. The molecule has 0 aromatic carbocycles. The van der Waals surface area contributed by atoms with Gasteiger partial charge in [0.1, 0.15) is 5.82 Å². The van der Waals surface area contributed by atoms with Crippen LogP contribution in [-0.2, 0) is 4.79 Å². The molecule has 1 aromatic heterocycles. The van der Waals surface area contributed by atoms with Crippen LogP contribution in [0.4, 0.5) is 5.82 Å². The minimum atomic E-state index is -0.841. The lowest BCUT2D eigenvalue weighted by atomic mass is 10.0. The van der Waals surface area contributed by atoms with E-state index >= 15 is 0 Å². The molecule has 0 spiro atoms. The summed E-state index contributed by atoms with van der Waals surface area (Å²) in [6.45, 7) is 3.60. The molecule has 0 atom stereocenters. The number of hydrogen-bond acceptors (Lipinski definition) is 4. The van der Waals surface area contributed by atoms with Crippen molar-refractivity contribution in [3.8, 4) is 0 Å². The topological polar surface area (TPSA) is 75.1 Å². The average Bonchev–Trinajstić information content (AvgIpc) is 2.02. The van der Waals surface area contributed by atoms with Crippen LogP contribution in [-0.4, -0.2) is 26.8 Å². The van der Waals surface area contributed by atoms with Crippen LogP contribution in [0.15, 0.2) is 18.3 Å². The van der Waals surface area contributed by atoms with Crippen molar-refractivity contribution in [2.45, 2.75) is 25.8 Å². The van der Waals surface area contributed by atoms with Gasteiger partial charge in [-0.3, -0.25) is 4.79 Å². The Morgan fingerprint density at radius 3 is 2.86 bits per heavy atom. The first-order valence-corrected chi connectivity index (χ1v) is 4.27. The lowest BCUT2D eigenvalue weighted by molar-refractivity contribution is -0.137. The fourth-order valence-corrected chi connectivity index (χ4v) is 1.14. The van der Waals surface area contributed by atoms with E-state index in [0.717, 1.165) is 0 Å². The van der Waals surface area contributed by atoms with E-state index in [-0.39, 0.29) is 6.42 Å². The first kappa shape index (κ1) is 10.4. The largest absolute Gasteiger partial charge is 0.481 e. The molecule has 0 saturated carbocycles. The number of nitrogens with one attached hydrogen (secondary N) is 1. The molecule has 0 radical (unpaired) electrons. The van der Waals surface area contributed by atoms with E-state index in [4.69, 9.17) is 5.11 Å². The number of nitrogens with zero attached hydrogens (tertiary/aromatic N) is 2. The van der Waals surface area contributed by atoms with Crippen molar-refractivity contribution in [2.75, 3.05) is 5.32 Å². The molecule has 2 N–H and O–H groups in total. The summed E-state index contributed by atoms with van der Waals surface area (Å²) in [5.41, 5.74) is -0.526. The van der Waals surface area contributed by atoms with Gasteiger partial charge in [0.25, 0.3) is 0 Å². The molecule has 0 aliphatic rings. The van der Waals surface area contributed by atoms with Gasteiger partial charge in [-0.2, -0.15) is 5.10 Å². The Morgan fingerprint density at radius 2 is 2.36 bits per heavy atom. The van der Waals surface area contributed by atoms with Crippen LogP contribution in [0.5, 0.6) is 0 Å². The summed E-state index contributed by atoms with van der Waals surface area (Å²) in [6.07, 6.45) is 1.60. The maximum Gasteiger partial charge on any atom is 0.305 e. The Morgan fingerprint density at radius 1 is 1.64 bits per heavy atom. The lowest BCUT2D eigenvalue weighted by Gasteiger charge is -2.24. The van der Waals surface area contributed by atoms with Crippen LogP contribution in [0.1, 0.15) is 20.3 Å². The third-order valence-electron chi connectivity index (χ3n) is 1.63. The minimum Gasteiger partial charge on any atom is -0.481 e. The van der Waals surface area contributed by atoms with Crippen molar-refractivity contribution in [1.82, 2.24) is 10.2 Å². The SMILES string of the molecule is CC(C)(CC(=O)O)Nc1cccnn1. The summed E-state index contributed by atoms with van der Waals surface area (Å²) in [6, 6.07) is 3.49. The molecule has 1 heterocycles. The van der Waals surface area contributed by atoms with Crippen LogP contribution in [0.25, 0.3) is 0 Å². The highest BCUT2D eigenvalue weighted by molar-refractivity contribution is 5.69. The molecule has 0 amide bonds. The number of carbonyl (C=O) groups is 1. The van der Waals surface area contributed by atoms with Gasteiger partial charge in [-0.05, 0) is 26.0 Å². The van der Waals surface area contributed by atoms with Crippen molar-refractivity contribution >= 4 is 11.8 Å².